The summed E-state index contributed by atoms with van der Waals surface area (Å²) in [6.45, 7) is 0. The van der Waals surface area contributed by atoms with Crippen molar-refractivity contribution >= 4 is 44.9 Å². The molecule has 2 unspecified atom stereocenters. The van der Waals surface area contributed by atoms with Crippen LogP contribution >= 0.6 is 27.5 Å². The molecule has 0 aliphatic carbocycles. The minimum atomic E-state index is -4.76. The number of carbonyl (C=O) groups is 1. The summed E-state index contributed by atoms with van der Waals surface area (Å²) in [4.78, 5) is 12.7. The highest BCUT2D eigenvalue weighted by Gasteiger charge is 2.48. The van der Waals surface area contributed by atoms with E-state index in [1.165, 1.54) is 6.07 Å². The molecule has 2 atom stereocenters. The summed E-state index contributed by atoms with van der Waals surface area (Å²) in [5.74, 6) is -1.43. The second-order valence-corrected chi connectivity index (χ2v) is 8.79. The van der Waals surface area contributed by atoms with Crippen molar-refractivity contribution in [1.29, 1.82) is 0 Å². The Morgan fingerprint density at radius 2 is 1.74 bits per heavy atom. The van der Waals surface area contributed by atoms with Crippen molar-refractivity contribution in [1.82, 2.24) is 9.78 Å². The Bertz CT molecular complexity index is 1230. The monoisotopic (exact) mass is 566 g/mol. The lowest BCUT2D eigenvalue weighted by Crippen LogP contribution is -2.35. The molecule has 0 spiro atoms. The lowest BCUT2D eigenvalue weighted by Gasteiger charge is -2.33. The van der Waals surface area contributed by atoms with E-state index in [2.05, 4.69) is 31.7 Å². The SMILES string of the molecule is O=C(Nc1ccccc1C(F)(F)F)c1nn2c(c1Cl)NC(c1ccc(Br)cc1)CC2C(F)(F)F. The predicted molar refractivity (Wildman–Crippen MR) is 117 cm³/mol. The van der Waals surface area contributed by atoms with Crippen LogP contribution in [0.2, 0.25) is 5.02 Å². The number of amides is 1. The van der Waals surface area contributed by atoms with Crippen molar-refractivity contribution < 1.29 is 31.1 Å². The molecule has 2 aromatic carbocycles. The lowest BCUT2D eigenvalue weighted by atomic mass is 9.97. The second-order valence-electron chi connectivity index (χ2n) is 7.49. The van der Waals surface area contributed by atoms with Crippen LogP contribution in [0.5, 0.6) is 0 Å². The molecule has 34 heavy (non-hydrogen) atoms. The highest BCUT2D eigenvalue weighted by atomic mass is 79.9. The Morgan fingerprint density at radius 1 is 1.09 bits per heavy atom. The number of hydrogen-bond donors (Lipinski definition) is 2. The molecular formula is C21H14BrClF6N4O. The van der Waals surface area contributed by atoms with E-state index in [0.717, 1.165) is 22.7 Å². The van der Waals surface area contributed by atoms with E-state index in [9.17, 15) is 31.1 Å². The van der Waals surface area contributed by atoms with E-state index in [4.69, 9.17) is 11.6 Å². The number of alkyl halides is 6. The molecular weight excluding hydrogens is 554 g/mol. The van der Waals surface area contributed by atoms with Gasteiger partial charge in [0.15, 0.2) is 11.7 Å². The molecule has 0 radical (unpaired) electrons. The van der Waals surface area contributed by atoms with Gasteiger partial charge in [0.1, 0.15) is 10.8 Å². The van der Waals surface area contributed by atoms with E-state index in [-0.39, 0.29) is 5.82 Å². The fourth-order valence-electron chi connectivity index (χ4n) is 3.67. The van der Waals surface area contributed by atoms with Gasteiger partial charge in [0, 0.05) is 10.9 Å². The topological polar surface area (TPSA) is 59.0 Å². The zero-order chi connectivity index (χ0) is 24.8. The van der Waals surface area contributed by atoms with Crippen molar-refractivity contribution in [3.63, 3.8) is 0 Å². The number of aromatic nitrogens is 2. The molecule has 0 fully saturated rings. The molecule has 0 saturated carbocycles. The average molecular weight is 568 g/mol. The van der Waals surface area contributed by atoms with E-state index < -0.39 is 58.7 Å². The van der Waals surface area contributed by atoms with E-state index in [1.807, 2.05) is 0 Å². The van der Waals surface area contributed by atoms with Gasteiger partial charge in [0.05, 0.1) is 17.3 Å². The summed E-state index contributed by atoms with van der Waals surface area (Å²) in [6.07, 6.45) is -9.92. The molecule has 1 amide bonds. The summed E-state index contributed by atoms with van der Waals surface area (Å²) in [6, 6.07) is 7.89. The molecule has 4 rings (SSSR count). The molecule has 1 aliphatic heterocycles. The number of carbonyl (C=O) groups excluding carboxylic acids is 1. The van der Waals surface area contributed by atoms with Crippen molar-refractivity contribution in [3.05, 3.63) is 74.8 Å². The van der Waals surface area contributed by atoms with Crippen LogP contribution in [0.15, 0.2) is 53.0 Å². The first kappa shape index (κ1) is 24.4. The van der Waals surface area contributed by atoms with Gasteiger partial charge < -0.3 is 10.6 Å². The Hall–Kier alpha value is -2.73. The van der Waals surface area contributed by atoms with Crippen LogP contribution in [0.1, 0.15) is 40.1 Å². The maximum Gasteiger partial charge on any atom is 0.418 e. The van der Waals surface area contributed by atoms with Crippen molar-refractivity contribution in [2.45, 2.75) is 30.9 Å². The van der Waals surface area contributed by atoms with Crippen LogP contribution in [0.3, 0.4) is 0 Å². The molecule has 1 aromatic heterocycles. The number of benzene rings is 2. The number of hydrogen-bond acceptors (Lipinski definition) is 3. The molecule has 180 valence electrons. The summed E-state index contributed by atoms with van der Waals surface area (Å²) < 4.78 is 82.7. The van der Waals surface area contributed by atoms with Crippen LogP contribution in [-0.4, -0.2) is 21.9 Å². The molecule has 5 nitrogen and oxygen atoms in total. The third kappa shape index (κ3) is 4.74. The maximum atomic E-state index is 13.9. The fraction of sp³-hybridized carbons (Fsp3) is 0.238. The predicted octanol–water partition coefficient (Wildman–Crippen LogP) is 7.23. The smallest absolute Gasteiger partial charge is 0.362 e. The molecule has 0 bridgehead atoms. The Kier molecular flexibility index (Phi) is 6.32. The van der Waals surface area contributed by atoms with Gasteiger partial charge in [-0.05, 0) is 29.8 Å². The van der Waals surface area contributed by atoms with Gasteiger partial charge in [-0.2, -0.15) is 31.4 Å². The van der Waals surface area contributed by atoms with Crippen LogP contribution in [0.4, 0.5) is 37.8 Å². The van der Waals surface area contributed by atoms with Crippen molar-refractivity contribution in [2.75, 3.05) is 10.6 Å². The van der Waals surface area contributed by atoms with Gasteiger partial charge >= 0.3 is 12.4 Å². The van der Waals surface area contributed by atoms with Gasteiger partial charge in [-0.1, -0.05) is 51.8 Å². The van der Waals surface area contributed by atoms with Gasteiger partial charge in [0.2, 0.25) is 0 Å². The Morgan fingerprint density at radius 3 is 2.35 bits per heavy atom. The van der Waals surface area contributed by atoms with Gasteiger partial charge in [-0.25, -0.2) is 4.68 Å². The average Bonchev–Trinajstić information content (AvgIpc) is 3.09. The molecule has 2 heterocycles. The molecule has 2 N–H and O–H groups in total. The quantitative estimate of drug-likeness (QED) is 0.328. The molecule has 1 aliphatic rings. The van der Waals surface area contributed by atoms with Crippen LogP contribution < -0.4 is 10.6 Å². The second kappa shape index (κ2) is 8.81. The van der Waals surface area contributed by atoms with E-state index in [1.54, 1.807) is 24.3 Å². The largest absolute Gasteiger partial charge is 0.418 e. The standard InChI is InChI=1S/C21H14BrClF6N4O/c22-11-7-5-10(6-8-11)14-9-15(21(27,28)29)33-18(30-14)16(23)17(32-33)19(34)31-13-4-2-1-3-12(13)20(24,25)26/h1-8,14-15,30H,9H2,(H,31,34). The number of halogens is 8. The number of fused-ring (bicyclic) bond motifs is 1. The third-order valence-corrected chi connectivity index (χ3v) is 6.15. The molecule has 0 saturated heterocycles. The van der Waals surface area contributed by atoms with E-state index in [0.29, 0.717) is 10.2 Å². The number of anilines is 2. The summed E-state index contributed by atoms with van der Waals surface area (Å²) >= 11 is 9.49. The first-order valence-electron chi connectivity index (χ1n) is 9.70. The number of nitrogens with zero attached hydrogens (tertiary/aromatic N) is 2. The van der Waals surface area contributed by atoms with Gasteiger partial charge in [0.25, 0.3) is 5.91 Å². The normalized spacial score (nSPS) is 18.2. The van der Waals surface area contributed by atoms with Gasteiger partial charge in [-0.15, -0.1) is 0 Å². The highest BCUT2D eigenvalue weighted by molar-refractivity contribution is 9.10. The molecule has 13 heteroatoms. The number of rotatable bonds is 3. The lowest BCUT2D eigenvalue weighted by molar-refractivity contribution is -0.173. The van der Waals surface area contributed by atoms with E-state index >= 15 is 0 Å². The third-order valence-electron chi connectivity index (χ3n) is 5.26. The Labute approximate surface area is 202 Å². The highest BCUT2D eigenvalue weighted by Crippen LogP contribution is 2.46. The first-order valence-corrected chi connectivity index (χ1v) is 10.9. The van der Waals surface area contributed by atoms with Gasteiger partial charge in [-0.3, -0.25) is 4.79 Å². The first-order chi connectivity index (χ1) is 15.9. The zero-order valence-corrected chi connectivity index (χ0v) is 19.1. The minimum Gasteiger partial charge on any atom is -0.362 e. The number of nitrogens with one attached hydrogen (secondary N) is 2. The van der Waals surface area contributed by atoms with Crippen LogP contribution in [0.25, 0.3) is 0 Å². The maximum absolute atomic E-state index is 13.9. The minimum absolute atomic E-state index is 0.252. The summed E-state index contributed by atoms with van der Waals surface area (Å²) in [5.41, 5.74) is -1.78. The Balaban J connectivity index is 1.71. The van der Waals surface area contributed by atoms with Crippen molar-refractivity contribution in [2.24, 2.45) is 0 Å². The summed E-state index contributed by atoms with van der Waals surface area (Å²) in [5, 5.41) is 8.22. The number of para-hydroxylation sites is 1. The fourth-order valence-corrected chi connectivity index (χ4v) is 4.20. The van der Waals surface area contributed by atoms with Crippen molar-refractivity contribution in [3.8, 4) is 0 Å². The molecule has 3 aromatic rings. The van der Waals surface area contributed by atoms with Crippen LogP contribution in [0, 0.1) is 0 Å². The zero-order valence-electron chi connectivity index (χ0n) is 16.8. The summed E-state index contributed by atoms with van der Waals surface area (Å²) in [7, 11) is 0. The van der Waals surface area contributed by atoms with Crippen LogP contribution in [-0.2, 0) is 6.18 Å².